The molecule has 0 saturated carbocycles. The van der Waals surface area contributed by atoms with Crippen molar-refractivity contribution in [2.24, 2.45) is 0 Å². The topological polar surface area (TPSA) is 42.3 Å². The van der Waals surface area contributed by atoms with Gasteiger partial charge in [0.2, 0.25) is 6.41 Å². The van der Waals surface area contributed by atoms with E-state index in [-0.39, 0.29) is 22.8 Å². The molecule has 0 bridgehead atoms. The van der Waals surface area contributed by atoms with Gasteiger partial charge in [-0.2, -0.15) is 13.2 Å². The number of fused-ring (bicyclic) bond motifs is 2. The molecule has 0 fully saturated rings. The third kappa shape index (κ3) is 3.88. The maximum Gasteiger partial charge on any atom is 0.419 e. The SMILES string of the molecule is O=CN(c1ccccc1)[C@H]1CSc2c(C(F)(F)F)c(Cc3cccc4ccccc34)cc(=O)n21. The molecule has 8 heteroatoms. The van der Waals surface area contributed by atoms with E-state index in [4.69, 9.17) is 0 Å². The van der Waals surface area contributed by atoms with E-state index >= 15 is 0 Å². The standard InChI is InChI=1S/C26H19F3N2O2S/c27-26(28,29)24-19(13-18-9-6-8-17-7-4-5-12-21(17)18)14-23(33)31-22(15-34-25(24)31)30(16-32)20-10-2-1-3-11-20/h1-12,14,16,22H,13,15H2/t22-/m1/s1. The van der Waals surface area contributed by atoms with E-state index in [1.54, 1.807) is 42.5 Å². The maximum absolute atomic E-state index is 14.4. The molecule has 3 aromatic carbocycles. The molecule has 0 radical (unpaired) electrons. The highest BCUT2D eigenvalue weighted by Crippen LogP contribution is 2.45. The number of carbonyl (C=O) groups is 1. The summed E-state index contributed by atoms with van der Waals surface area (Å²) in [5.41, 5.74) is -0.212. The predicted octanol–water partition coefficient (Wildman–Crippen LogP) is 5.88. The number of carbonyl (C=O) groups excluding carboxylic acids is 1. The van der Waals surface area contributed by atoms with Crippen molar-refractivity contribution in [2.45, 2.75) is 23.8 Å². The first-order valence-corrected chi connectivity index (χ1v) is 11.6. The van der Waals surface area contributed by atoms with Crippen molar-refractivity contribution in [3.63, 3.8) is 0 Å². The number of thioether (sulfide) groups is 1. The molecule has 1 aromatic heterocycles. The highest BCUT2D eigenvalue weighted by Gasteiger charge is 2.42. The summed E-state index contributed by atoms with van der Waals surface area (Å²) in [4.78, 5) is 26.4. The van der Waals surface area contributed by atoms with Crippen LogP contribution >= 0.6 is 11.8 Å². The number of amides is 1. The lowest BCUT2D eigenvalue weighted by Gasteiger charge is -2.27. The summed E-state index contributed by atoms with van der Waals surface area (Å²) in [7, 11) is 0. The summed E-state index contributed by atoms with van der Waals surface area (Å²) in [6.45, 7) is 0. The van der Waals surface area contributed by atoms with Crippen LogP contribution in [0.3, 0.4) is 0 Å². The number of benzene rings is 3. The molecule has 4 aromatic rings. The quantitative estimate of drug-likeness (QED) is 0.335. The van der Waals surface area contributed by atoms with Crippen LogP contribution in [0.4, 0.5) is 18.9 Å². The minimum Gasteiger partial charge on any atom is -0.293 e. The molecule has 0 saturated heterocycles. The summed E-state index contributed by atoms with van der Waals surface area (Å²) in [6, 6.07) is 22.6. The van der Waals surface area contributed by atoms with Crippen molar-refractivity contribution in [1.29, 1.82) is 0 Å². The van der Waals surface area contributed by atoms with Crippen LogP contribution in [0.5, 0.6) is 0 Å². The van der Waals surface area contributed by atoms with Crippen molar-refractivity contribution in [3.05, 3.63) is 106 Å². The van der Waals surface area contributed by atoms with E-state index in [0.29, 0.717) is 17.7 Å². The van der Waals surface area contributed by atoms with E-state index in [0.717, 1.165) is 33.2 Å². The second-order valence-electron chi connectivity index (χ2n) is 8.01. The van der Waals surface area contributed by atoms with Gasteiger partial charge in [0.1, 0.15) is 6.17 Å². The van der Waals surface area contributed by atoms with Crippen LogP contribution in [0, 0.1) is 0 Å². The van der Waals surface area contributed by atoms with Crippen molar-refractivity contribution in [3.8, 4) is 0 Å². The fourth-order valence-corrected chi connectivity index (χ4v) is 5.86. The van der Waals surface area contributed by atoms with Gasteiger partial charge in [0.15, 0.2) is 0 Å². The molecule has 1 aliphatic rings. The molecule has 0 unspecified atom stereocenters. The largest absolute Gasteiger partial charge is 0.419 e. The Bertz CT molecular complexity index is 1430. The molecule has 172 valence electrons. The van der Waals surface area contributed by atoms with Gasteiger partial charge in [-0.3, -0.25) is 19.1 Å². The molecule has 5 rings (SSSR count). The lowest BCUT2D eigenvalue weighted by molar-refractivity contribution is -0.141. The average Bonchev–Trinajstić information content (AvgIpc) is 3.25. The van der Waals surface area contributed by atoms with Crippen LogP contribution in [0.1, 0.15) is 22.9 Å². The Hall–Kier alpha value is -3.52. The summed E-state index contributed by atoms with van der Waals surface area (Å²) < 4.78 is 44.2. The zero-order valence-electron chi connectivity index (χ0n) is 17.8. The number of para-hydroxylation sites is 1. The third-order valence-electron chi connectivity index (χ3n) is 5.99. The minimum atomic E-state index is -4.66. The summed E-state index contributed by atoms with van der Waals surface area (Å²) in [5.74, 6) is 0.143. The minimum absolute atomic E-state index is 0.0272. The first-order chi connectivity index (χ1) is 16.4. The second-order valence-corrected chi connectivity index (χ2v) is 9.02. The van der Waals surface area contributed by atoms with Crippen molar-refractivity contribution >= 4 is 34.6 Å². The summed E-state index contributed by atoms with van der Waals surface area (Å²) >= 11 is 0.953. The molecule has 0 N–H and O–H groups in total. The highest BCUT2D eigenvalue weighted by molar-refractivity contribution is 7.99. The molecule has 34 heavy (non-hydrogen) atoms. The Kier molecular flexibility index (Phi) is 5.69. The second kappa shape index (κ2) is 8.68. The Balaban J connectivity index is 1.65. The van der Waals surface area contributed by atoms with Crippen LogP contribution in [0.2, 0.25) is 0 Å². The van der Waals surface area contributed by atoms with E-state index in [2.05, 4.69) is 0 Å². The Morgan fingerprint density at radius 1 is 0.971 bits per heavy atom. The molecular weight excluding hydrogens is 461 g/mol. The summed E-state index contributed by atoms with van der Waals surface area (Å²) in [5, 5.41) is 1.62. The number of rotatable bonds is 5. The van der Waals surface area contributed by atoms with Crippen molar-refractivity contribution in [2.75, 3.05) is 10.7 Å². The van der Waals surface area contributed by atoms with E-state index < -0.39 is 23.5 Å². The molecule has 0 aliphatic carbocycles. The lowest BCUT2D eigenvalue weighted by atomic mass is 9.96. The monoisotopic (exact) mass is 480 g/mol. The van der Waals surface area contributed by atoms with E-state index in [9.17, 15) is 22.8 Å². The highest BCUT2D eigenvalue weighted by atomic mass is 32.2. The fraction of sp³-hybridized carbons (Fsp3) is 0.154. The predicted molar refractivity (Wildman–Crippen MR) is 127 cm³/mol. The molecule has 1 atom stereocenters. The number of hydrogen-bond donors (Lipinski definition) is 0. The molecule has 1 aliphatic heterocycles. The van der Waals surface area contributed by atoms with Gasteiger partial charge in [-0.05, 0) is 40.5 Å². The Morgan fingerprint density at radius 2 is 1.68 bits per heavy atom. The molecule has 0 spiro atoms. The number of pyridine rings is 1. The van der Waals surface area contributed by atoms with Gasteiger partial charge in [-0.1, -0.05) is 60.7 Å². The van der Waals surface area contributed by atoms with Crippen LogP contribution in [-0.2, 0) is 17.4 Å². The van der Waals surface area contributed by atoms with Crippen LogP contribution < -0.4 is 10.5 Å². The number of hydrogen-bond acceptors (Lipinski definition) is 3. The van der Waals surface area contributed by atoms with Gasteiger partial charge in [-0.25, -0.2) is 0 Å². The van der Waals surface area contributed by atoms with Gasteiger partial charge in [0.05, 0.1) is 10.6 Å². The normalized spacial score (nSPS) is 15.3. The zero-order valence-corrected chi connectivity index (χ0v) is 18.6. The Labute approximate surface area is 197 Å². The van der Waals surface area contributed by atoms with Crippen LogP contribution in [-0.4, -0.2) is 16.7 Å². The van der Waals surface area contributed by atoms with Crippen molar-refractivity contribution < 1.29 is 18.0 Å². The Morgan fingerprint density at radius 3 is 2.41 bits per heavy atom. The smallest absolute Gasteiger partial charge is 0.293 e. The van der Waals surface area contributed by atoms with Gasteiger partial charge < -0.3 is 0 Å². The zero-order chi connectivity index (χ0) is 23.9. The first-order valence-electron chi connectivity index (χ1n) is 10.6. The van der Waals surface area contributed by atoms with Gasteiger partial charge in [0.25, 0.3) is 5.56 Å². The van der Waals surface area contributed by atoms with Crippen molar-refractivity contribution in [1.82, 2.24) is 4.57 Å². The first kappa shape index (κ1) is 22.3. The van der Waals surface area contributed by atoms with Gasteiger partial charge in [0, 0.05) is 17.5 Å². The van der Waals surface area contributed by atoms with Gasteiger partial charge >= 0.3 is 6.18 Å². The number of aromatic nitrogens is 1. The molecule has 4 nitrogen and oxygen atoms in total. The van der Waals surface area contributed by atoms with Gasteiger partial charge in [-0.15, -0.1) is 11.8 Å². The average molecular weight is 481 g/mol. The van der Waals surface area contributed by atoms with E-state index in [1.165, 1.54) is 4.90 Å². The third-order valence-corrected chi connectivity index (χ3v) is 7.13. The maximum atomic E-state index is 14.4. The molecule has 2 heterocycles. The number of nitrogens with zero attached hydrogens (tertiary/aromatic N) is 2. The van der Waals surface area contributed by atoms with E-state index in [1.807, 2.05) is 30.3 Å². The molecule has 1 amide bonds. The molecular formula is C26H19F3N2O2S. The fourth-order valence-electron chi connectivity index (χ4n) is 4.50. The number of anilines is 1. The number of alkyl halides is 3. The summed E-state index contributed by atoms with van der Waals surface area (Å²) in [6.07, 6.45) is -4.98. The van der Waals surface area contributed by atoms with Crippen LogP contribution in [0.15, 0.2) is 88.7 Å². The lowest BCUT2D eigenvalue weighted by Crippen LogP contribution is -2.37. The van der Waals surface area contributed by atoms with Crippen LogP contribution in [0.25, 0.3) is 10.8 Å². The number of halogens is 3.